The molecule has 1 aromatic carbocycles. The first-order valence-electron chi connectivity index (χ1n) is 5.06. The fourth-order valence-corrected chi connectivity index (χ4v) is 2.17. The Bertz CT molecular complexity index is 510. The van der Waals surface area contributed by atoms with Crippen molar-refractivity contribution in [1.29, 1.82) is 0 Å². The van der Waals surface area contributed by atoms with E-state index >= 15 is 0 Å². The summed E-state index contributed by atoms with van der Waals surface area (Å²) in [4.78, 5) is 4.32. The molecule has 0 amide bonds. The minimum atomic E-state index is -0.0447. The molecular weight excluding hydrogens is 238 g/mol. The number of hydrogen-bond acceptors (Lipinski definition) is 5. The van der Waals surface area contributed by atoms with E-state index in [0.29, 0.717) is 5.01 Å². The summed E-state index contributed by atoms with van der Waals surface area (Å²) in [6.45, 7) is -0.0447. The first-order chi connectivity index (χ1) is 8.28. The zero-order chi connectivity index (χ0) is 12.3. The second-order valence-electron chi connectivity index (χ2n) is 3.35. The van der Waals surface area contributed by atoms with Crippen molar-refractivity contribution in [1.82, 2.24) is 4.98 Å². The highest BCUT2D eigenvalue weighted by atomic mass is 32.1. The maximum Gasteiger partial charge on any atom is 0.128 e. The molecule has 0 saturated carbocycles. The Morgan fingerprint density at radius 2 is 2.12 bits per heavy atom. The summed E-state index contributed by atoms with van der Waals surface area (Å²) in [7, 11) is 3.23. The van der Waals surface area contributed by atoms with E-state index in [1.165, 1.54) is 11.3 Å². The van der Waals surface area contributed by atoms with E-state index in [1.807, 2.05) is 23.6 Å². The number of aliphatic hydroxyl groups excluding tert-OH is 1. The van der Waals surface area contributed by atoms with Crippen LogP contribution < -0.4 is 9.47 Å². The van der Waals surface area contributed by atoms with Crippen LogP contribution in [0.3, 0.4) is 0 Å². The van der Waals surface area contributed by atoms with Gasteiger partial charge < -0.3 is 14.6 Å². The Kier molecular flexibility index (Phi) is 3.61. The van der Waals surface area contributed by atoms with E-state index < -0.39 is 0 Å². The summed E-state index contributed by atoms with van der Waals surface area (Å²) < 4.78 is 10.5. The fraction of sp³-hybridized carbons (Fsp3) is 0.250. The van der Waals surface area contributed by atoms with Crippen LogP contribution in [0.2, 0.25) is 0 Å². The molecule has 0 unspecified atom stereocenters. The minimum Gasteiger partial charge on any atom is -0.497 e. The molecule has 0 radical (unpaired) electrons. The van der Waals surface area contributed by atoms with E-state index in [1.54, 1.807) is 14.2 Å². The first kappa shape index (κ1) is 11.9. The van der Waals surface area contributed by atoms with Crippen LogP contribution in [0.25, 0.3) is 11.3 Å². The molecule has 0 atom stereocenters. The number of ether oxygens (including phenoxy) is 2. The predicted molar refractivity (Wildman–Crippen MR) is 66.6 cm³/mol. The lowest BCUT2D eigenvalue weighted by molar-refractivity contribution is 0.281. The van der Waals surface area contributed by atoms with E-state index in [4.69, 9.17) is 14.6 Å². The number of rotatable bonds is 4. The van der Waals surface area contributed by atoms with Gasteiger partial charge >= 0.3 is 0 Å². The first-order valence-corrected chi connectivity index (χ1v) is 5.94. The van der Waals surface area contributed by atoms with Crippen molar-refractivity contribution in [3.05, 3.63) is 28.6 Å². The van der Waals surface area contributed by atoms with Gasteiger partial charge in [0.05, 0.1) is 26.5 Å². The number of nitrogens with zero attached hydrogens (tertiary/aromatic N) is 1. The second kappa shape index (κ2) is 5.16. The van der Waals surface area contributed by atoms with E-state index in [2.05, 4.69) is 4.98 Å². The van der Waals surface area contributed by atoms with Crippen molar-refractivity contribution in [2.75, 3.05) is 14.2 Å². The molecule has 0 fully saturated rings. The molecule has 0 aliphatic heterocycles. The van der Waals surface area contributed by atoms with Crippen LogP contribution in [0.5, 0.6) is 11.5 Å². The standard InChI is InChI=1S/C12H13NO3S/c1-15-8-3-4-11(16-2)9(5-8)10-7-17-12(6-14)13-10/h3-5,7,14H,6H2,1-2H3. The quantitative estimate of drug-likeness (QED) is 0.906. The number of thiazole rings is 1. The van der Waals surface area contributed by atoms with Crippen LogP contribution in [0.15, 0.2) is 23.6 Å². The molecule has 17 heavy (non-hydrogen) atoms. The Morgan fingerprint density at radius 1 is 1.29 bits per heavy atom. The summed E-state index contributed by atoms with van der Waals surface area (Å²) in [6, 6.07) is 5.54. The van der Waals surface area contributed by atoms with Gasteiger partial charge in [-0.2, -0.15) is 0 Å². The lowest BCUT2D eigenvalue weighted by Gasteiger charge is -2.08. The Morgan fingerprint density at radius 3 is 2.71 bits per heavy atom. The molecule has 1 heterocycles. The average Bonchev–Trinajstić information content (AvgIpc) is 2.86. The van der Waals surface area contributed by atoms with Gasteiger partial charge in [-0.1, -0.05) is 0 Å². The fourth-order valence-electron chi connectivity index (χ4n) is 1.52. The van der Waals surface area contributed by atoms with Crippen LogP contribution in [0.1, 0.15) is 5.01 Å². The Hall–Kier alpha value is -1.59. The second-order valence-corrected chi connectivity index (χ2v) is 4.29. The van der Waals surface area contributed by atoms with Gasteiger partial charge in [-0.05, 0) is 18.2 Å². The van der Waals surface area contributed by atoms with Crippen molar-refractivity contribution in [2.24, 2.45) is 0 Å². The third kappa shape index (κ3) is 2.40. The molecule has 0 aliphatic carbocycles. The van der Waals surface area contributed by atoms with Crippen LogP contribution >= 0.6 is 11.3 Å². The smallest absolute Gasteiger partial charge is 0.128 e. The zero-order valence-electron chi connectivity index (χ0n) is 9.64. The van der Waals surface area contributed by atoms with Gasteiger partial charge in [0, 0.05) is 10.9 Å². The van der Waals surface area contributed by atoms with E-state index in [9.17, 15) is 0 Å². The van der Waals surface area contributed by atoms with Gasteiger partial charge in [-0.25, -0.2) is 4.98 Å². The van der Waals surface area contributed by atoms with E-state index in [-0.39, 0.29) is 6.61 Å². The van der Waals surface area contributed by atoms with Gasteiger partial charge in [0.15, 0.2) is 0 Å². The van der Waals surface area contributed by atoms with E-state index in [0.717, 1.165) is 22.8 Å². The number of benzene rings is 1. The van der Waals surface area contributed by atoms with Crippen LogP contribution in [0, 0.1) is 0 Å². The highest BCUT2D eigenvalue weighted by Gasteiger charge is 2.11. The molecule has 1 aromatic heterocycles. The molecule has 5 heteroatoms. The highest BCUT2D eigenvalue weighted by Crippen LogP contribution is 2.33. The van der Waals surface area contributed by atoms with Gasteiger partial charge in [-0.15, -0.1) is 11.3 Å². The van der Waals surface area contributed by atoms with Crippen molar-refractivity contribution in [2.45, 2.75) is 6.61 Å². The largest absolute Gasteiger partial charge is 0.497 e. The van der Waals surface area contributed by atoms with Gasteiger partial charge in [-0.3, -0.25) is 0 Å². The normalized spacial score (nSPS) is 10.3. The SMILES string of the molecule is COc1ccc(OC)c(-c2csc(CO)n2)c1. The van der Waals surface area contributed by atoms with Crippen molar-refractivity contribution in [3.8, 4) is 22.8 Å². The molecule has 2 aromatic rings. The summed E-state index contributed by atoms with van der Waals surface area (Å²) in [5, 5.41) is 11.6. The monoisotopic (exact) mass is 251 g/mol. The predicted octanol–water partition coefficient (Wildman–Crippen LogP) is 2.32. The molecule has 0 aliphatic rings. The molecular formula is C12H13NO3S. The lowest BCUT2D eigenvalue weighted by Crippen LogP contribution is -1.91. The topological polar surface area (TPSA) is 51.6 Å². The van der Waals surface area contributed by atoms with Crippen molar-refractivity contribution in [3.63, 3.8) is 0 Å². The zero-order valence-corrected chi connectivity index (χ0v) is 10.5. The number of hydrogen-bond donors (Lipinski definition) is 1. The maximum absolute atomic E-state index is 9.02. The van der Waals surface area contributed by atoms with Gasteiger partial charge in [0.2, 0.25) is 0 Å². The van der Waals surface area contributed by atoms with Crippen LogP contribution in [-0.2, 0) is 6.61 Å². The third-order valence-electron chi connectivity index (χ3n) is 2.37. The molecule has 2 rings (SSSR count). The molecule has 0 saturated heterocycles. The van der Waals surface area contributed by atoms with Crippen LogP contribution in [0.4, 0.5) is 0 Å². The van der Waals surface area contributed by atoms with Crippen molar-refractivity contribution < 1.29 is 14.6 Å². The average molecular weight is 251 g/mol. The molecule has 0 spiro atoms. The number of aromatic nitrogens is 1. The number of aliphatic hydroxyl groups is 1. The Balaban J connectivity index is 2.47. The van der Waals surface area contributed by atoms with Crippen LogP contribution in [-0.4, -0.2) is 24.3 Å². The summed E-state index contributed by atoms with van der Waals surface area (Å²) in [5.74, 6) is 1.49. The summed E-state index contributed by atoms with van der Waals surface area (Å²) in [5.41, 5.74) is 1.65. The summed E-state index contributed by atoms with van der Waals surface area (Å²) >= 11 is 1.42. The Labute approximate surface area is 103 Å². The number of methoxy groups -OCH3 is 2. The lowest BCUT2D eigenvalue weighted by atomic mass is 10.1. The van der Waals surface area contributed by atoms with Crippen molar-refractivity contribution >= 4 is 11.3 Å². The van der Waals surface area contributed by atoms with Gasteiger partial charge in [0.1, 0.15) is 16.5 Å². The molecule has 1 N–H and O–H groups in total. The molecule has 0 bridgehead atoms. The third-order valence-corrected chi connectivity index (χ3v) is 3.20. The minimum absolute atomic E-state index is 0.0447. The maximum atomic E-state index is 9.02. The summed E-state index contributed by atoms with van der Waals surface area (Å²) in [6.07, 6.45) is 0. The van der Waals surface area contributed by atoms with Gasteiger partial charge in [0.25, 0.3) is 0 Å². The highest BCUT2D eigenvalue weighted by molar-refractivity contribution is 7.09. The molecule has 4 nitrogen and oxygen atoms in total. The molecule has 90 valence electrons.